The Hall–Kier alpha value is 4.21. The number of phosphoric ester groups is 1. The molecule has 0 N–H and O–H groups in total. The van der Waals surface area contributed by atoms with E-state index in [-0.39, 0.29) is 144 Å². The number of rotatable bonds is 12. The van der Waals surface area contributed by atoms with Crippen molar-refractivity contribution in [2.45, 2.75) is 71.1 Å². The molecule has 0 fully saturated rings. The first-order valence-corrected chi connectivity index (χ1v) is 8.19. The van der Waals surface area contributed by atoms with Crippen LogP contribution in [-0.4, -0.2) is 6.61 Å². The van der Waals surface area contributed by atoms with Gasteiger partial charge in [-0.3, -0.25) is 0 Å². The van der Waals surface area contributed by atoms with Crippen LogP contribution < -0.4 is 148 Å². The van der Waals surface area contributed by atoms with Crippen molar-refractivity contribution in [2.75, 3.05) is 6.61 Å². The molecule has 4 nitrogen and oxygen atoms in total. The zero-order valence-corrected chi connectivity index (χ0v) is 26.3. The van der Waals surface area contributed by atoms with Gasteiger partial charge in [-0.1, -0.05) is 64.7 Å². The van der Waals surface area contributed by atoms with Gasteiger partial charge in [-0.05, 0) is 6.42 Å². The number of unbranched alkanes of at least 4 members (excludes halogenated alkanes) is 9. The maximum Gasteiger partial charge on any atom is 1.00 e. The molecule has 0 aliphatic carbocycles. The molecule has 0 atom stereocenters. The Kier molecular flexibility index (Phi) is 29.9. The molecule has 0 aliphatic rings. The predicted octanol–water partition coefficient (Wildman–Crippen LogP) is -3.24. The van der Waals surface area contributed by atoms with E-state index in [1.54, 1.807) is 0 Å². The van der Waals surface area contributed by atoms with E-state index in [0.29, 0.717) is 6.42 Å². The molecule has 7 heteroatoms. The standard InChI is InChI=1S/C12H27O4P.2Cs/c1-2-3-4-5-6-7-8-9-10-11-12-16-17(13,14)15;;/h2-12H2,1H3,(H2,13,14,15);;/q;2*+1/p-2. The van der Waals surface area contributed by atoms with Crippen LogP contribution in [0.15, 0.2) is 0 Å². The smallest absolute Gasteiger partial charge is 0.790 e. The number of hydrogen-bond acceptors (Lipinski definition) is 4. The van der Waals surface area contributed by atoms with E-state index in [1.807, 2.05) is 0 Å². The Bertz CT molecular complexity index is 212. The monoisotopic (exact) mass is 530 g/mol. The molecule has 0 bridgehead atoms. The molecule has 0 spiro atoms. The minimum atomic E-state index is -4.74. The van der Waals surface area contributed by atoms with Crippen molar-refractivity contribution in [3.05, 3.63) is 0 Å². The zero-order chi connectivity index (χ0) is 13.0. The van der Waals surface area contributed by atoms with Crippen LogP contribution in [0.5, 0.6) is 0 Å². The first-order chi connectivity index (χ1) is 8.06. The molecule has 0 aromatic carbocycles. The van der Waals surface area contributed by atoms with Crippen LogP contribution in [0, 0.1) is 0 Å². The normalized spacial score (nSPS) is 10.7. The van der Waals surface area contributed by atoms with E-state index in [2.05, 4.69) is 11.4 Å². The van der Waals surface area contributed by atoms with Gasteiger partial charge in [0.15, 0.2) is 0 Å². The van der Waals surface area contributed by atoms with E-state index in [0.717, 1.165) is 12.8 Å². The molecule has 0 heterocycles. The van der Waals surface area contributed by atoms with Crippen molar-refractivity contribution >= 4 is 7.82 Å². The third kappa shape index (κ3) is 27.4. The third-order valence-corrected chi connectivity index (χ3v) is 3.25. The van der Waals surface area contributed by atoms with E-state index in [4.69, 9.17) is 0 Å². The summed E-state index contributed by atoms with van der Waals surface area (Å²) >= 11 is 0. The summed E-state index contributed by atoms with van der Waals surface area (Å²) < 4.78 is 14.3. The van der Waals surface area contributed by atoms with Gasteiger partial charge in [0.05, 0.1) is 14.4 Å². The average Bonchev–Trinajstić information content (AvgIpc) is 2.24. The Balaban J connectivity index is -0.00000128. The summed E-state index contributed by atoms with van der Waals surface area (Å²) in [7, 11) is -4.74. The second-order valence-electron chi connectivity index (χ2n) is 4.46. The molecule has 0 amide bonds. The van der Waals surface area contributed by atoms with Gasteiger partial charge < -0.3 is 18.9 Å². The first-order valence-electron chi connectivity index (χ1n) is 6.73. The molecule has 0 unspecified atom stereocenters. The largest absolute Gasteiger partial charge is 1.00 e. The van der Waals surface area contributed by atoms with Crippen LogP contribution >= 0.6 is 7.82 Å². The van der Waals surface area contributed by atoms with Gasteiger partial charge in [0, 0.05) is 0 Å². The number of hydrogen-bond donors (Lipinski definition) is 0. The van der Waals surface area contributed by atoms with Crippen LogP contribution in [0.25, 0.3) is 0 Å². The summed E-state index contributed by atoms with van der Waals surface area (Å²) in [5.74, 6) is 0. The number of phosphoric acid groups is 1. The molecular formula is C12H25Cs2O4P. The van der Waals surface area contributed by atoms with E-state index < -0.39 is 7.82 Å². The molecular weight excluding hydrogens is 505 g/mol. The van der Waals surface area contributed by atoms with Crippen molar-refractivity contribution in [1.82, 2.24) is 0 Å². The van der Waals surface area contributed by atoms with Gasteiger partial charge in [-0.15, -0.1) is 0 Å². The molecule has 0 radical (unpaired) electrons. The fourth-order valence-electron chi connectivity index (χ4n) is 1.77. The van der Waals surface area contributed by atoms with Crippen LogP contribution in [0.4, 0.5) is 0 Å². The summed E-state index contributed by atoms with van der Waals surface area (Å²) in [4.78, 5) is 20.3. The molecule has 0 rings (SSSR count). The van der Waals surface area contributed by atoms with Crippen molar-refractivity contribution in [2.24, 2.45) is 0 Å². The zero-order valence-electron chi connectivity index (χ0n) is 12.9. The summed E-state index contributed by atoms with van der Waals surface area (Å²) in [6, 6.07) is 0. The van der Waals surface area contributed by atoms with Crippen LogP contribution in [0.1, 0.15) is 71.1 Å². The summed E-state index contributed by atoms with van der Waals surface area (Å²) in [5, 5.41) is 0. The minimum absolute atomic E-state index is 0. The maximum absolute atomic E-state index is 10.1. The first kappa shape index (κ1) is 28.0. The van der Waals surface area contributed by atoms with E-state index in [1.165, 1.54) is 44.9 Å². The van der Waals surface area contributed by atoms with Crippen molar-refractivity contribution in [3.63, 3.8) is 0 Å². The Morgan fingerprint density at radius 3 is 1.53 bits per heavy atom. The SMILES string of the molecule is CCCCCCCCCCCCOP(=O)([O-])[O-].[Cs+].[Cs+]. The van der Waals surface area contributed by atoms with Crippen LogP contribution in [-0.2, 0) is 9.09 Å². The van der Waals surface area contributed by atoms with Crippen LogP contribution in [0.2, 0.25) is 0 Å². The minimum Gasteiger partial charge on any atom is -0.790 e. The fraction of sp³-hybridized carbons (Fsp3) is 1.00. The predicted molar refractivity (Wildman–Crippen MR) is 65.4 cm³/mol. The fourth-order valence-corrected chi connectivity index (χ4v) is 2.12. The summed E-state index contributed by atoms with van der Waals surface area (Å²) in [5.41, 5.74) is 0. The average molecular weight is 530 g/mol. The molecule has 0 aromatic heterocycles. The van der Waals surface area contributed by atoms with Crippen molar-refractivity contribution < 1.29 is 157 Å². The van der Waals surface area contributed by atoms with E-state index >= 15 is 0 Å². The van der Waals surface area contributed by atoms with Gasteiger partial charge >= 0.3 is 138 Å². The third-order valence-electron chi connectivity index (χ3n) is 2.75. The second kappa shape index (κ2) is 20.3. The quantitative estimate of drug-likeness (QED) is 0.197. The molecule has 19 heavy (non-hydrogen) atoms. The van der Waals surface area contributed by atoms with Gasteiger partial charge in [-0.25, -0.2) is 0 Å². The van der Waals surface area contributed by atoms with Crippen molar-refractivity contribution in [3.8, 4) is 0 Å². The van der Waals surface area contributed by atoms with Gasteiger partial charge in [0.25, 0.3) is 0 Å². The molecule has 0 saturated carbocycles. The molecule has 104 valence electrons. The van der Waals surface area contributed by atoms with Crippen molar-refractivity contribution in [1.29, 1.82) is 0 Å². The topological polar surface area (TPSA) is 72.4 Å². The molecule has 0 aliphatic heterocycles. The summed E-state index contributed by atoms with van der Waals surface area (Å²) in [6.45, 7) is 2.26. The Labute approximate surface area is 236 Å². The second-order valence-corrected chi connectivity index (χ2v) is 5.62. The maximum atomic E-state index is 10.1. The van der Waals surface area contributed by atoms with E-state index in [9.17, 15) is 14.4 Å². The van der Waals surface area contributed by atoms with Crippen LogP contribution in [0.3, 0.4) is 0 Å². The Morgan fingerprint density at radius 1 is 0.789 bits per heavy atom. The van der Waals surface area contributed by atoms with Gasteiger partial charge in [-0.2, -0.15) is 0 Å². The van der Waals surface area contributed by atoms with Gasteiger partial charge in [0.1, 0.15) is 0 Å². The molecule has 0 aromatic rings. The Morgan fingerprint density at radius 2 is 1.16 bits per heavy atom. The molecule has 0 saturated heterocycles. The van der Waals surface area contributed by atoms with Gasteiger partial charge in [0.2, 0.25) is 0 Å². The summed E-state index contributed by atoms with van der Waals surface area (Å²) in [6.07, 6.45) is 11.7.